The van der Waals surface area contributed by atoms with Gasteiger partial charge in [-0.15, -0.1) is 11.3 Å². The minimum Gasteiger partial charge on any atom is -0.353 e. The van der Waals surface area contributed by atoms with E-state index in [1.54, 1.807) is 11.3 Å². The SMILES string of the molecule is CC(C)C(=O)NC1CCN(C(=O)CCc2cccs2)CC1. The number of likely N-dealkylation sites (tertiary alicyclic amines) is 1. The zero-order chi connectivity index (χ0) is 15.2. The molecule has 1 saturated heterocycles. The molecule has 0 atom stereocenters. The summed E-state index contributed by atoms with van der Waals surface area (Å²) < 4.78 is 0. The average molecular weight is 308 g/mol. The minimum atomic E-state index is 0.0236. The van der Waals surface area contributed by atoms with Crippen LogP contribution in [-0.4, -0.2) is 35.8 Å². The van der Waals surface area contributed by atoms with Crippen molar-refractivity contribution in [1.29, 1.82) is 0 Å². The maximum atomic E-state index is 12.2. The highest BCUT2D eigenvalue weighted by molar-refractivity contribution is 7.09. The van der Waals surface area contributed by atoms with E-state index in [4.69, 9.17) is 0 Å². The van der Waals surface area contributed by atoms with E-state index in [9.17, 15) is 9.59 Å². The van der Waals surface area contributed by atoms with E-state index >= 15 is 0 Å². The lowest BCUT2D eigenvalue weighted by Crippen LogP contribution is -2.47. The number of rotatable bonds is 5. The zero-order valence-corrected chi connectivity index (χ0v) is 13.6. The van der Waals surface area contributed by atoms with Gasteiger partial charge in [-0.05, 0) is 30.7 Å². The molecule has 1 aromatic heterocycles. The third kappa shape index (κ3) is 4.84. The highest BCUT2D eigenvalue weighted by Crippen LogP contribution is 2.15. The molecule has 0 spiro atoms. The fraction of sp³-hybridized carbons (Fsp3) is 0.625. The predicted molar refractivity (Wildman–Crippen MR) is 85.2 cm³/mol. The maximum Gasteiger partial charge on any atom is 0.222 e. The van der Waals surface area contributed by atoms with Gasteiger partial charge >= 0.3 is 0 Å². The smallest absolute Gasteiger partial charge is 0.222 e. The Bertz CT molecular complexity index is 463. The number of amides is 2. The van der Waals surface area contributed by atoms with E-state index in [1.165, 1.54) is 4.88 Å². The Balaban J connectivity index is 1.70. The molecular weight excluding hydrogens is 284 g/mol. The Kier molecular flexibility index (Phi) is 5.79. The first kappa shape index (κ1) is 16.0. The monoisotopic (exact) mass is 308 g/mol. The van der Waals surface area contributed by atoms with Crippen LogP contribution in [0.25, 0.3) is 0 Å². The molecule has 0 bridgehead atoms. The summed E-state index contributed by atoms with van der Waals surface area (Å²) in [6, 6.07) is 4.32. The molecule has 1 fully saturated rings. The van der Waals surface area contributed by atoms with Gasteiger partial charge in [0.25, 0.3) is 0 Å². The molecule has 0 unspecified atom stereocenters. The first-order valence-corrected chi connectivity index (χ1v) is 8.54. The van der Waals surface area contributed by atoms with Gasteiger partial charge in [0.15, 0.2) is 0 Å². The number of hydrogen-bond acceptors (Lipinski definition) is 3. The Morgan fingerprint density at radius 3 is 2.67 bits per heavy atom. The molecular formula is C16H24N2O2S. The molecule has 0 aromatic carbocycles. The van der Waals surface area contributed by atoms with E-state index in [-0.39, 0.29) is 23.8 Å². The number of carbonyl (C=O) groups is 2. The molecule has 21 heavy (non-hydrogen) atoms. The van der Waals surface area contributed by atoms with Crippen molar-refractivity contribution in [3.05, 3.63) is 22.4 Å². The Labute approximate surface area is 130 Å². The average Bonchev–Trinajstić information content (AvgIpc) is 2.98. The topological polar surface area (TPSA) is 49.4 Å². The highest BCUT2D eigenvalue weighted by Gasteiger charge is 2.24. The largest absolute Gasteiger partial charge is 0.353 e. The fourth-order valence-corrected chi connectivity index (χ4v) is 3.19. The summed E-state index contributed by atoms with van der Waals surface area (Å²) in [7, 11) is 0. The fourth-order valence-electron chi connectivity index (χ4n) is 2.48. The van der Waals surface area contributed by atoms with E-state index in [0.717, 1.165) is 32.4 Å². The molecule has 4 nitrogen and oxygen atoms in total. The van der Waals surface area contributed by atoms with E-state index in [0.29, 0.717) is 6.42 Å². The lowest BCUT2D eigenvalue weighted by atomic mass is 10.0. The zero-order valence-electron chi connectivity index (χ0n) is 12.8. The van der Waals surface area contributed by atoms with E-state index in [1.807, 2.05) is 30.2 Å². The first-order valence-electron chi connectivity index (χ1n) is 7.67. The summed E-state index contributed by atoms with van der Waals surface area (Å²) in [6.45, 7) is 5.32. The molecule has 1 aliphatic heterocycles. The maximum absolute atomic E-state index is 12.2. The number of thiophene rings is 1. The van der Waals surface area contributed by atoms with Crippen molar-refractivity contribution in [1.82, 2.24) is 10.2 Å². The van der Waals surface area contributed by atoms with Gasteiger partial charge in [0, 0.05) is 36.3 Å². The van der Waals surface area contributed by atoms with Crippen LogP contribution in [0.2, 0.25) is 0 Å². The molecule has 0 radical (unpaired) electrons. The van der Waals surface area contributed by atoms with Crippen molar-refractivity contribution in [2.75, 3.05) is 13.1 Å². The molecule has 2 rings (SSSR count). The van der Waals surface area contributed by atoms with Gasteiger partial charge < -0.3 is 10.2 Å². The molecule has 0 saturated carbocycles. The summed E-state index contributed by atoms with van der Waals surface area (Å²) in [5.74, 6) is 0.366. The number of hydrogen-bond donors (Lipinski definition) is 1. The summed E-state index contributed by atoms with van der Waals surface area (Å²) in [5.41, 5.74) is 0. The minimum absolute atomic E-state index is 0.0236. The molecule has 2 amide bonds. The highest BCUT2D eigenvalue weighted by atomic mass is 32.1. The normalized spacial score (nSPS) is 16.2. The van der Waals surface area contributed by atoms with Gasteiger partial charge in [0.1, 0.15) is 0 Å². The summed E-state index contributed by atoms with van der Waals surface area (Å²) in [6.07, 6.45) is 3.15. The van der Waals surface area contributed by atoms with Crippen LogP contribution in [0.4, 0.5) is 0 Å². The van der Waals surface area contributed by atoms with Crippen LogP contribution in [0, 0.1) is 5.92 Å². The number of carbonyl (C=O) groups excluding carboxylic acids is 2. The van der Waals surface area contributed by atoms with Gasteiger partial charge in [-0.25, -0.2) is 0 Å². The van der Waals surface area contributed by atoms with Crippen molar-refractivity contribution in [3.8, 4) is 0 Å². The lowest BCUT2D eigenvalue weighted by molar-refractivity contribution is -0.132. The second kappa shape index (κ2) is 7.59. The van der Waals surface area contributed by atoms with Crippen LogP contribution in [0.1, 0.15) is 38.0 Å². The second-order valence-electron chi connectivity index (χ2n) is 5.90. The van der Waals surface area contributed by atoms with Crippen LogP contribution in [-0.2, 0) is 16.0 Å². The van der Waals surface area contributed by atoms with Crippen molar-refractivity contribution < 1.29 is 9.59 Å². The lowest BCUT2D eigenvalue weighted by Gasteiger charge is -2.32. The summed E-state index contributed by atoms with van der Waals surface area (Å²) >= 11 is 1.70. The van der Waals surface area contributed by atoms with E-state index < -0.39 is 0 Å². The van der Waals surface area contributed by atoms with Crippen molar-refractivity contribution in [2.24, 2.45) is 5.92 Å². The van der Waals surface area contributed by atoms with Gasteiger partial charge in [-0.3, -0.25) is 9.59 Å². The van der Waals surface area contributed by atoms with Gasteiger partial charge in [-0.1, -0.05) is 19.9 Å². The standard InChI is InChI=1S/C16H24N2O2S/c1-12(2)16(20)17-13-7-9-18(10-8-13)15(19)6-5-14-4-3-11-21-14/h3-4,11-13H,5-10H2,1-2H3,(H,17,20). The Morgan fingerprint density at radius 2 is 2.10 bits per heavy atom. The number of aryl methyl sites for hydroxylation is 1. The Hall–Kier alpha value is -1.36. The van der Waals surface area contributed by atoms with Crippen LogP contribution < -0.4 is 5.32 Å². The quantitative estimate of drug-likeness (QED) is 0.908. The van der Waals surface area contributed by atoms with Crippen LogP contribution >= 0.6 is 11.3 Å². The Morgan fingerprint density at radius 1 is 1.38 bits per heavy atom. The van der Waals surface area contributed by atoms with E-state index in [2.05, 4.69) is 11.4 Å². The van der Waals surface area contributed by atoms with Crippen LogP contribution in [0.15, 0.2) is 17.5 Å². The van der Waals surface area contributed by atoms with Crippen molar-refractivity contribution >= 4 is 23.2 Å². The molecule has 116 valence electrons. The molecule has 1 N–H and O–H groups in total. The van der Waals surface area contributed by atoms with Crippen molar-refractivity contribution in [3.63, 3.8) is 0 Å². The third-order valence-electron chi connectivity index (χ3n) is 3.88. The predicted octanol–water partition coefficient (Wildman–Crippen LogP) is 2.44. The van der Waals surface area contributed by atoms with Gasteiger partial charge in [0.05, 0.1) is 0 Å². The first-order chi connectivity index (χ1) is 10.1. The molecule has 1 aromatic rings. The van der Waals surface area contributed by atoms with Gasteiger partial charge in [0.2, 0.25) is 11.8 Å². The molecule has 5 heteroatoms. The summed E-state index contributed by atoms with van der Waals surface area (Å²) in [5, 5.41) is 5.10. The van der Waals surface area contributed by atoms with Crippen LogP contribution in [0.3, 0.4) is 0 Å². The molecule has 2 heterocycles. The second-order valence-corrected chi connectivity index (χ2v) is 6.93. The van der Waals surface area contributed by atoms with Crippen LogP contribution in [0.5, 0.6) is 0 Å². The number of piperidine rings is 1. The van der Waals surface area contributed by atoms with Gasteiger partial charge in [-0.2, -0.15) is 0 Å². The van der Waals surface area contributed by atoms with Crippen molar-refractivity contribution in [2.45, 2.75) is 45.6 Å². The molecule has 1 aliphatic rings. The number of nitrogens with zero attached hydrogens (tertiary/aromatic N) is 1. The molecule has 0 aliphatic carbocycles. The summed E-state index contributed by atoms with van der Waals surface area (Å²) in [4.78, 5) is 27.0. The number of nitrogens with one attached hydrogen (secondary N) is 1. The third-order valence-corrected chi connectivity index (χ3v) is 4.82.